The van der Waals surface area contributed by atoms with Crippen LogP contribution < -0.4 is 0 Å². The van der Waals surface area contributed by atoms with Crippen molar-refractivity contribution < 1.29 is 0 Å². The summed E-state index contributed by atoms with van der Waals surface area (Å²) in [5.74, 6) is 0. The summed E-state index contributed by atoms with van der Waals surface area (Å²) >= 11 is 8.95. The fourth-order valence-electron chi connectivity index (χ4n) is 0.541. The Bertz CT molecular complexity index is 239. The highest BCUT2D eigenvalue weighted by atomic mass is 127. The van der Waals surface area contributed by atoms with Crippen molar-refractivity contribution >= 4 is 54.5 Å². The van der Waals surface area contributed by atoms with Crippen LogP contribution in [0.15, 0.2) is 21.3 Å². The average Bonchev–Trinajstić information content (AvgIpc) is 1.88. The van der Waals surface area contributed by atoms with Gasteiger partial charge in [-0.05, 0) is 43.5 Å². The molecule has 0 saturated carbocycles. The van der Waals surface area contributed by atoms with E-state index in [2.05, 4.69) is 59.4 Å². The SMILES string of the molecule is Brc1ccc(CI)c(Br)n1. The largest absolute Gasteiger partial charge is 0.234 e. The molecule has 0 radical (unpaired) electrons. The molecule has 0 atom stereocenters. The lowest BCUT2D eigenvalue weighted by Crippen LogP contribution is -1.84. The van der Waals surface area contributed by atoms with Gasteiger partial charge >= 0.3 is 0 Å². The van der Waals surface area contributed by atoms with Gasteiger partial charge < -0.3 is 0 Å². The smallest absolute Gasteiger partial charge is 0.111 e. The van der Waals surface area contributed by atoms with E-state index in [1.165, 1.54) is 5.56 Å². The van der Waals surface area contributed by atoms with Gasteiger partial charge in [-0.3, -0.25) is 0 Å². The van der Waals surface area contributed by atoms with Crippen molar-refractivity contribution in [2.75, 3.05) is 0 Å². The van der Waals surface area contributed by atoms with Gasteiger partial charge in [-0.15, -0.1) is 0 Å². The number of hydrogen-bond acceptors (Lipinski definition) is 1. The molecule has 0 saturated heterocycles. The van der Waals surface area contributed by atoms with Gasteiger partial charge in [0.1, 0.15) is 9.21 Å². The summed E-state index contributed by atoms with van der Waals surface area (Å²) in [5.41, 5.74) is 1.23. The highest BCUT2D eigenvalue weighted by Crippen LogP contribution is 2.19. The van der Waals surface area contributed by atoms with Gasteiger partial charge in [-0.2, -0.15) is 0 Å². The van der Waals surface area contributed by atoms with Crippen molar-refractivity contribution in [2.24, 2.45) is 0 Å². The summed E-state index contributed by atoms with van der Waals surface area (Å²) in [7, 11) is 0. The van der Waals surface area contributed by atoms with Crippen molar-refractivity contribution in [1.82, 2.24) is 4.98 Å². The molecular formula is C6H4Br2IN. The topological polar surface area (TPSA) is 12.9 Å². The van der Waals surface area contributed by atoms with E-state index in [0.717, 1.165) is 13.6 Å². The zero-order chi connectivity index (χ0) is 7.56. The first-order valence-corrected chi connectivity index (χ1v) is 5.72. The molecule has 0 unspecified atom stereocenters. The molecule has 0 aromatic carbocycles. The molecule has 0 spiro atoms. The summed E-state index contributed by atoms with van der Waals surface area (Å²) in [5, 5.41) is 0. The molecule has 1 heterocycles. The molecule has 1 aromatic rings. The first kappa shape index (κ1) is 8.93. The van der Waals surface area contributed by atoms with Crippen LogP contribution in [0.3, 0.4) is 0 Å². The second-order valence-electron chi connectivity index (χ2n) is 1.72. The molecule has 10 heavy (non-hydrogen) atoms. The molecule has 0 aliphatic carbocycles. The Morgan fingerprint density at radius 2 is 2.10 bits per heavy atom. The Hall–Kier alpha value is 0.840. The molecule has 54 valence electrons. The van der Waals surface area contributed by atoms with Crippen LogP contribution in [0.1, 0.15) is 5.56 Å². The lowest BCUT2D eigenvalue weighted by atomic mass is 10.3. The lowest BCUT2D eigenvalue weighted by molar-refractivity contribution is 1.18. The van der Waals surface area contributed by atoms with E-state index < -0.39 is 0 Å². The van der Waals surface area contributed by atoms with Crippen LogP contribution in [0.5, 0.6) is 0 Å². The molecule has 0 aliphatic heterocycles. The van der Waals surface area contributed by atoms with Gasteiger partial charge in [-0.25, -0.2) is 4.98 Å². The van der Waals surface area contributed by atoms with Gasteiger partial charge in [0.2, 0.25) is 0 Å². The maximum absolute atomic E-state index is 4.17. The van der Waals surface area contributed by atoms with Crippen LogP contribution in [-0.4, -0.2) is 4.98 Å². The number of alkyl halides is 1. The van der Waals surface area contributed by atoms with E-state index in [4.69, 9.17) is 0 Å². The number of nitrogens with zero attached hydrogens (tertiary/aromatic N) is 1. The minimum absolute atomic E-state index is 0.868. The van der Waals surface area contributed by atoms with Crippen LogP contribution in [0, 0.1) is 0 Å². The van der Waals surface area contributed by atoms with Crippen LogP contribution in [-0.2, 0) is 4.43 Å². The predicted octanol–water partition coefficient (Wildman–Crippen LogP) is 3.54. The Kier molecular flexibility index (Phi) is 3.59. The fraction of sp³-hybridized carbons (Fsp3) is 0.167. The van der Waals surface area contributed by atoms with Gasteiger partial charge in [0.05, 0.1) is 0 Å². The third kappa shape index (κ3) is 2.17. The fourth-order valence-corrected chi connectivity index (χ4v) is 2.69. The minimum Gasteiger partial charge on any atom is -0.234 e. The number of aromatic nitrogens is 1. The summed E-state index contributed by atoms with van der Waals surface area (Å²) in [4.78, 5) is 4.17. The van der Waals surface area contributed by atoms with E-state index in [1.807, 2.05) is 12.1 Å². The zero-order valence-electron chi connectivity index (χ0n) is 4.94. The van der Waals surface area contributed by atoms with E-state index in [9.17, 15) is 0 Å². The Morgan fingerprint density at radius 1 is 1.40 bits per heavy atom. The quantitative estimate of drug-likeness (QED) is 0.415. The minimum atomic E-state index is 0.868. The second-order valence-corrected chi connectivity index (χ2v) is 4.04. The molecule has 4 heteroatoms. The van der Waals surface area contributed by atoms with Crippen molar-refractivity contribution in [3.8, 4) is 0 Å². The van der Waals surface area contributed by atoms with Crippen LogP contribution >= 0.6 is 54.5 Å². The van der Waals surface area contributed by atoms with Gasteiger partial charge in [0.25, 0.3) is 0 Å². The third-order valence-electron chi connectivity index (χ3n) is 1.04. The van der Waals surface area contributed by atoms with Crippen LogP contribution in [0.4, 0.5) is 0 Å². The average molecular weight is 377 g/mol. The molecule has 1 rings (SSSR count). The summed E-state index contributed by atoms with van der Waals surface area (Å²) < 4.78 is 2.78. The molecular weight excluding hydrogens is 373 g/mol. The highest BCUT2D eigenvalue weighted by Gasteiger charge is 1.98. The van der Waals surface area contributed by atoms with Crippen LogP contribution in [0.25, 0.3) is 0 Å². The van der Waals surface area contributed by atoms with E-state index in [-0.39, 0.29) is 0 Å². The van der Waals surface area contributed by atoms with Gasteiger partial charge in [-0.1, -0.05) is 28.7 Å². The second kappa shape index (κ2) is 4.01. The molecule has 0 aliphatic rings. The van der Waals surface area contributed by atoms with Crippen molar-refractivity contribution in [3.05, 3.63) is 26.9 Å². The molecule has 1 aromatic heterocycles. The predicted molar refractivity (Wildman–Crippen MR) is 57.4 cm³/mol. The molecule has 0 amide bonds. The first-order chi connectivity index (χ1) is 4.74. The molecule has 0 fully saturated rings. The first-order valence-electron chi connectivity index (χ1n) is 2.61. The van der Waals surface area contributed by atoms with E-state index >= 15 is 0 Å². The van der Waals surface area contributed by atoms with E-state index in [1.54, 1.807) is 0 Å². The molecule has 1 nitrogen and oxygen atoms in total. The third-order valence-corrected chi connectivity index (χ3v) is 2.99. The monoisotopic (exact) mass is 375 g/mol. The van der Waals surface area contributed by atoms with Crippen molar-refractivity contribution in [1.29, 1.82) is 0 Å². The van der Waals surface area contributed by atoms with Crippen LogP contribution in [0.2, 0.25) is 0 Å². The molecule has 0 bridgehead atoms. The normalized spacial score (nSPS) is 9.90. The van der Waals surface area contributed by atoms with Crippen molar-refractivity contribution in [2.45, 2.75) is 4.43 Å². The van der Waals surface area contributed by atoms with Gasteiger partial charge in [0.15, 0.2) is 0 Å². The zero-order valence-corrected chi connectivity index (χ0v) is 10.3. The van der Waals surface area contributed by atoms with Gasteiger partial charge in [0, 0.05) is 4.43 Å². The summed E-state index contributed by atoms with van der Waals surface area (Å²) in [6.45, 7) is 0. The number of halogens is 3. The van der Waals surface area contributed by atoms with Crippen molar-refractivity contribution in [3.63, 3.8) is 0 Å². The summed E-state index contributed by atoms with van der Waals surface area (Å²) in [6, 6.07) is 3.99. The maximum atomic E-state index is 4.17. The Morgan fingerprint density at radius 3 is 2.60 bits per heavy atom. The highest BCUT2D eigenvalue weighted by molar-refractivity contribution is 14.1. The number of hydrogen-bond donors (Lipinski definition) is 0. The Balaban J connectivity index is 3.07. The number of pyridine rings is 1. The standard InChI is InChI=1S/C6H4Br2IN/c7-5-2-1-4(3-9)6(8)10-5/h1-2H,3H2. The Labute approximate surface area is 90.0 Å². The van der Waals surface area contributed by atoms with E-state index in [0.29, 0.717) is 0 Å². The lowest BCUT2D eigenvalue weighted by Gasteiger charge is -1.97. The molecule has 0 N–H and O–H groups in total. The number of rotatable bonds is 1. The maximum Gasteiger partial charge on any atom is 0.111 e. The summed E-state index contributed by atoms with van der Waals surface area (Å²) in [6.07, 6.45) is 0.